The molecule has 5 rings (SSSR count). The van der Waals surface area contributed by atoms with E-state index in [1.807, 2.05) is 22.8 Å². The predicted octanol–water partition coefficient (Wildman–Crippen LogP) is 4.72. The van der Waals surface area contributed by atoms with Crippen molar-refractivity contribution in [1.82, 2.24) is 35.0 Å². The van der Waals surface area contributed by atoms with E-state index in [4.69, 9.17) is 5.10 Å². The van der Waals surface area contributed by atoms with E-state index in [0.717, 1.165) is 41.0 Å². The Hall–Kier alpha value is -3.55. The third-order valence-corrected chi connectivity index (χ3v) is 6.87. The summed E-state index contributed by atoms with van der Waals surface area (Å²) in [5.74, 6) is 2.45. The Labute approximate surface area is 205 Å². The van der Waals surface area contributed by atoms with Gasteiger partial charge in [0.1, 0.15) is 5.82 Å². The van der Waals surface area contributed by atoms with Gasteiger partial charge in [-0.05, 0) is 46.6 Å². The van der Waals surface area contributed by atoms with Crippen molar-refractivity contribution >= 4 is 0 Å². The van der Waals surface area contributed by atoms with Crippen molar-refractivity contribution in [3.63, 3.8) is 0 Å². The van der Waals surface area contributed by atoms with Crippen LogP contribution in [-0.2, 0) is 19.5 Å². The van der Waals surface area contributed by atoms with Crippen LogP contribution in [0.25, 0.3) is 22.5 Å². The van der Waals surface area contributed by atoms with Gasteiger partial charge in [0.15, 0.2) is 0 Å². The summed E-state index contributed by atoms with van der Waals surface area (Å²) in [5, 5.41) is 19.3. The van der Waals surface area contributed by atoms with Gasteiger partial charge in [-0.15, -0.1) is 10.2 Å². The van der Waals surface area contributed by atoms with Crippen molar-refractivity contribution in [3.05, 3.63) is 70.4 Å². The van der Waals surface area contributed by atoms with Crippen LogP contribution in [0.2, 0.25) is 0 Å². The van der Waals surface area contributed by atoms with E-state index >= 15 is 0 Å². The maximum absolute atomic E-state index is 13.4. The summed E-state index contributed by atoms with van der Waals surface area (Å²) in [4.78, 5) is 13.4. The van der Waals surface area contributed by atoms with Crippen molar-refractivity contribution in [3.8, 4) is 22.5 Å². The average molecular weight is 472 g/mol. The number of nitrogens with zero attached hydrogens (tertiary/aromatic N) is 6. The molecule has 0 unspecified atom stereocenters. The first-order chi connectivity index (χ1) is 17.1. The molecule has 2 aromatic carbocycles. The fourth-order valence-electron chi connectivity index (χ4n) is 5.07. The minimum absolute atomic E-state index is 0.0118. The molecule has 1 aliphatic carbocycles. The SMILES string of the molecule is CC(C)Cc1nn(CC2CCCCC2)c(=O)n1Cc1ccc(-c2ccccc2-c2nn[nH]n2)cc1. The lowest BCUT2D eigenvalue weighted by molar-refractivity contribution is 0.303. The largest absolute Gasteiger partial charge is 0.346 e. The van der Waals surface area contributed by atoms with Gasteiger partial charge in [-0.25, -0.2) is 9.48 Å². The molecule has 2 heterocycles. The molecule has 8 nitrogen and oxygen atoms in total. The highest BCUT2D eigenvalue weighted by atomic mass is 16.2. The minimum atomic E-state index is 0.0118. The Balaban J connectivity index is 1.40. The molecule has 1 aliphatic rings. The molecule has 1 saturated carbocycles. The first kappa shape index (κ1) is 23.2. The summed E-state index contributed by atoms with van der Waals surface area (Å²) in [6, 6.07) is 16.4. The standard InChI is InChI=1S/C27H33N7O/c1-19(2)16-25-30-34(18-20-8-4-3-5-9-20)27(35)33(25)17-21-12-14-22(15-13-21)23-10-6-7-11-24(23)26-28-31-32-29-26/h6-7,10-15,19-20H,3-5,8-9,16-18H2,1-2H3,(H,28,29,31,32). The van der Waals surface area contributed by atoms with Gasteiger partial charge >= 0.3 is 5.69 Å². The quantitative estimate of drug-likeness (QED) is 0.401. The maximum atomic E-state index is 13.4. The van der Waals surface area contributed by atoms with Crippen LogP contribution in [0.15, 0.2) is 53.3 Å². The molecule has 0 aliphatic heterocycles. The molecule has 182 valence electrons. The summed E-state index contributed by atoms with van der Waals surface area (Å²) >= 11 is 0. The number of aromatic amines is 1. The Morgan fingerprint density at radius 1 is 1.00 bits per heavy atom. The summed E-state index contributed by atoms with van der Waals surface area (Å²) < 4.78 is 3.59. The lowest BCUT2D eigenvalue weighted by Gasteiger charge is -2.20. The number of rotatable bonds is 8. The van der Waals surface area contributed by atoms with Crippen LogP contribution < -0.4 is 5.69 Å². The van der Waals surface area contributed by atoms with Crippen molar-refractivity contribution in [2.75, 3.05) is 0 Å². The monoisotopic (exact) mass is 471 g/mol. The van der Waals surface area contributed by atoms with Gasteiger partial charge in [0.05, 0.1) is 6.54 Å². The van der Waals surface area contributed by atoms with Gasteiger partial charge in [-0.3, -0.25) is 4.57 Å². The molecule has 0 atom stereocenters. The Morgan fingerprint density at radius 3 is 2.43 bits per heavy atom. The fourth-order valence-corrected chi connectivity index (χ4v) is 5.07. The third-order valence-electron chi connectivity index (χ3n) is 6.87. The number of benzene rings is 2. The first-order valence-corrected chi connectivity index (χ1v) is 12.7. The molecule has 0 amide bonds. The minimum Gasteiger partial charge on any atom is -0.274 e. The van der Waals surface area contributed by atoms with Crippen LogP contribution in [-0.4, -0.2) is 35.0 Å². The van der Waals surface area contributed by atoms with E-state index in [-0.39, 0.29) is 5.69 Å². The zero-order chi connectivity index (χ0) is 24.2. The van der Waals surface area contributed by atoms with Crippen LogP contribution in [0.3, 0.4) is 0 Å². The molecule has 1 fully saturated rings. The van der Waals surface area contributed by atoms with Gasteiger partial charge in [0.2, 0.25) is 5.82 Å². The van der Waals surface area contributed by atoms with Gasteiger partial charge < -0.3 is 0 Å². The topological polar surface area (TPSA) is 94.3 Å². The van der Waals surface area contributed by atoms with Gasteiger partial charge in [-0.2, -0.15) is 10.3 Å². The van der Waals surface area contributed by atoms with Crippen LogP contribution >= 0.6 is 0 Å². The molecule has 2 aromatic heterocycles. The molecule has 8 heteroatoms. The third kappa shape index (κ3) is 5.26. The van der Waals surface area contributed by atoms with Crippen LogP contribution in [0.5, 0.6) is 0 Å². The van der Waals surface area contributed by atoms with E-state index in [9.17, 15) is 4.79 Å². The van der Waals surface area contributed by atoms with E-state index in [1.54, 1.807) is 4.68 Å². The first-order valence-electron chi connectivity index (χ1n) is 12.7. The zero-order valence-corrected chi connectivity index (χ0v) is 20.5. The molecule has 4 aromatic rings. The Bertz CT molecular complexity index is 1300. The van der Waals surface area contributed by atoms with Crippen LogP contribution in [0, 0.1) is 11.8 Å². The number of aromatic nitrogens is 7. The van der Waals surface area contributed by atoms with Crippen LogP contribution in [0.1, 0.15) is 57.3 Å². The molecule has 35 heavy (non-hydrogen) atoms. The lowest BCUT2D eigenvalue weighted by atomic mass is 9.89. The zero-order valence-electron chi connectivity index (χ0n) is 20.5. The normalized spacial score (nSPS) is 14.6. The van der Waals surface area contributed by atoms with E-state index in [2.05, 4.69) is 64.8 Å². The second-order valence-electron chi connectivity index (χ2n) is 10.0. The summed E-state index contributed by atoms with van der Waals surface area (Å²) in [6.07, 6.45) is 7.04. The van der Waals surface area contributed by atoms with Crippen LogP contribution in [0.4, 0.5) is 0 Å². The number of nitrogens with one attached hydrogen (secondary N) is 1. The maximum Gasteiger partial charge on any atom is 0.346 e. The highest BCUT2D eigenvalue weighted by Crippen LogP contribution is 2.30. The number of hydrogen-bond acceptors (Lipinski definition) is 5. The van der Waals surface area contributed by atoms with E-state index < -0.39 is 0 Å². The molecular formula is C27H33N7O. The Morgan fingerprint density at radius 2 is 1.74 bits per heavy atom. The van der Waals surface area contributed by atoms with Gasteiger partial charge in [0, 0.05) is 18.5 Å². The molecule has 1 N–H and O–H groups in total. The lowest BCUT2D eigenvalue weighted by Crippen LogP contribution is -2.29. The summed E-state index contributed by atoms with van der Waals surface area (Å²) in [5.41, 5.74) is 4.12. The molecule has 0 radical (unpaired) electrons. The highest BCUT2D eigenvalue weighted by Gasteiger charge is 2.20. The summed E-state index contributed by atoms with van der Waals surface area (Å²) in [6.45, 7) is 5.61. The van der Waals surface area contributed by atoms with E-state index in [1.165, 1.54) is 32.1 Å². The molecule has 0 saturated heterocycles. The number of H-pyrrole nitrogens is 1. The fraction of sp³-hybridized carbons (Fsp3) is 0.444. The van der Waals surface area contributed by atoms with Gasteiger partial charge in [0.25, 0.3) is 0 Å². The van der Waals surface area contributed by atoms with Crippen molar-refractivity contribution in [2.24, 2.45) is 11.8 Å². The summed E-state index contributed by atoms with van der Waals surface area (Å²) in [7, 11) is 0. The van der Waals surface area contributed by atoms with E-state index in [0.29, 0.717) is 24.2 Å². The smallest absolute Gasteiger partial charge is 0.274 e. The second-order valence-corrected chi connectivity index (χ2v) is 10.0. The average Bonchev–Trinajstić information content (AvgIpc) is 3.50. The van der Waals surface area contributed by atoms with Crippen molar-refractivity contribution < 1.29 is 0 Å². The number of hydrogen-bond donors (Lipinski definition) is 1. The highest BCUT2D eigenvalue weighted by molar-refractivity contribution is 5.80. The van der Waals surface area contributed by atoms with Crippen molar-refractivity contribution in [2.45, 2.75) is 65.5 Å². The molecule has 0 bridgehead atoms. The molecule has 0 spiro atoms. The Kier molecular flexibility index (Phi) is 6.88. The van der Waals surface area contributed by atoms with Gasteiger partial charge in [-0.1, -0.05) is 81.6 Å². The predicted molar refractivity (Wildman–Crippen MR) is 136 cm³/mol. The van der Waals surface area contributed by atoms with Crippen molar-refractivity contribution in [1.29, 1.82) is 0 Å². The molecular weight excluding hydrogens is 438 g/mol. The number of tetrazole rings is 1. The second kappa shape index (κ2) is 10.4.